The van der Waals surface area contributed by atoms with Crippen LogP contribution in [0.15, 0.2) is 54.7 Å². The van der Waals surface area contributed by atoms with Gasteiger partial charge in [0, 0.05) is 19.3 Å². The highest BCUT2D eigenvalue weighted by Gasteiger charge is 2.05. The van der Waals surface area contributed by atoms with E-state index in [2.05, 4.69) is 15.6 Å². The Morgan fingerprint density at radius 3 is 2.36 bits per heavy atom. The maximum Gasteiger partial charge on any atom is 0.269 e. The van der Waals surface area contributed by atoms with Crippen LogP contribution in [-0.4, -0.2) is 29.9 Å². The number of amides is 2. The third kappa shape index (κ3) is 5.36. The van der Waals surface area contributed by atoms with Gasteiger partial charge in [0.2, 0.25) is 5.91 Å². The summed E-state index contributed by atoms with van der Waals surface area (Å²) in [6, 6.07) is 14.8. The van der Waals surface area contributed by atoms with Crippen LogP contribution < -0.4 is 10.6 Å². The molecule has 0 aliphatic rings. The first-order valence-electron chi connectivity index (χ1n) is 7.25. The monoisotopic (exact) mass is 297 g/mol. The van der Waals surface area contributed by atoms with Gasteiger partial charge in [-0.15, -0.1) is 0 Å². The molecule has 2 N–H and O–H groups in total. The molecule has 22 heavy (non-hydrogen) atoms. The molecule has 0 saturated heterocycles. The van der Waals surface area contributed by atoms with Crippen molar-refractivity contribution in [3.8, 4) is 0 Å². The lowest BCUT2D eigenvalue weighted by atomic mass is 10.1. The summed E-state index contributed by atoms with van der Waals surface area (Å²) in [6.45, 7) is 1.04. The first-order chi connectivity index (χ1) is 10.8. The van der Waals surface area contributed by atoms with Gasteiger partial charge < -0.3 is 10.6 Å². The van der Waals surface area contributed by atoms with Crippen molar-refractivity contribution in [3.63, 3.8) is 0 Å². The zero-order chi connectivity index (χ0) is 15.6. The average Bonchev–Trinajstić information content (AvgIpc) is 2.56. The van der Waals surface area contributed by atoms with Crippen LogP contribution in [0.3, 0.4) is 0 Å². The van der Waals surface area contributed by atoms with Gasteiger partial charge in [-0.2, -0.15) is 0 Å². The summed E-state index contributed by atoms with van der Waals surface area (Å²) in [5.41, 5.74) is 1.39. The van der Waals surface area contributed by atoms with Crippen LogP contribution in [0.5, 0.6) is 0 Å². The van der Waals surface area contributed by atoms with Crippen molar-refractivity contribution in [2.75, 3.05) is 13.1 Å². The number of carbonyl (C=O) groups excluding carboxylic acids is 2. The zero-order valence-electron chi connectivity index (χ0n) is 12.3. The molecule has 5 nitrogen and oxygen atoms in total. The molecule has 0 atom stereocenters. The Bertz CT molecular complexity index is 600. The number of carbonyl (C=O) groups is 2. The Morgan fingerprint density at radius 1 is 0.909 bits per heavy atom. The zero-order valence-corrected chi connectivity index (χ0v) is 12.3. The van der Waals surface area contributed by atoms with Crippen molar-refractivity contribution in [2.45, 2.75) is 12.8 Å². The Kier molecular flexibility index (Phi) is 6.11. The molecular weight excluding hydrogens is 278 g/mol. The molecule has 5 heteroatoms. The second kappa shape index (κ2) is 8.56. The van der Waals surface area contributed by atoms with E-state index in [4.69, 9.17) is 0 Å². The molecule has 1 heterocycles. The number of hydrogen-bond donors (Lipinski definition) is 2. The Balaban J connectivity index is 1.59. The number of nitrogens with zero attached hydrogens (tertiary/aromatic N) is 1. The standard InChI is InChI=1S/C17H19N3O2/c21-16(13-14-7-2-1-3-8-14)19-11-6-12-20-17(22)15-9-4-5-10-18-15/h1-5,7-10H,6,11-13H2,(H,19,21)(H,20,22). The average molecular weight is 297 g/mol. The van der Waals surface area contributed by atoms with Gasteiger partial charge in [-0.3, -0.25) is 14.6 Å². The third-order valence-corrected chi connectivity index (χ3v) is 3.07. The fraction of sp³-hybridized carbons (Fsp3) is 0.235. The van der Waals surface area contributed by atoms with E-state index in [1.165, 1.54) is 0 Å². The predicted molar refractivity (Wildman–Crippen MR) is 84.3 cm³/mol. The molecule has 0 unspecified atom stereocenters. The fourth-order valence-corrected chi connectivity index (χ4v) is 1.95. The van der Waals surface area contributed by atoms with Crippen molar-refractivity contribution in [2.24, 2.45) is 0 Å². The van der Waals surface area contributed by atoms with Crippen molar-refractivity contribution < 1.29 is 9.59 Å². The van der Waals surface area contributed by atoms with Crippen LogP contribution in [0, 0.1) is 0 Å². The number of nitrogens with one attached hydrogen (secondary N) is 2. The minimum absolute atomic E-state index is 0.0118. The third-order valence-electron chi connectivity index (χ3n) is 3.07. The van der Waals surface area contributed by atoms with Crippen LogP contribution >= 0.6 is 0 Å². The minimum atomic E-state index is -0.198. The quantitative estimate of drug-likeness (QED) is 0.762. The molecule has 0 aliphatic heterocycles. The van der Waals surface area contributed by atoms with E-state index < -0.39 is 0 Å². The highest BCUT2D eigenvalue weighted by molar-refractivity contribution is 5.92. The summed E-state index contributed by atoms with van der Waals surface area (Å²) < 4.78 is 0. The fourth-order valence-electron chi connectivity index (χ4n) is 1.95. The van der Waals surface area contributed by atoms with Gasteiger partial charge in [-0.1, -0.05) is 36.4 Å². The van der Waals surface area contributed by atoms with Crippen LogP contribution in [0.2, 0.25) is 0 Å². The van der Waals surface area contributed by atoms with E-state index in [0.717, 1.165) is 5.56 Å². The Morgan fingerprint density at radius 2 is 1.64 bits per heavy atom. The topological polar surface area (TPSA) is 71.1 Å². The number of aromatic nitrogens is 1. The molecule has 2 rings (SSSR count). The van der Waals surface area contributed by atoms with Crippen LogP contribution in [0.4, 0.5) is 0 Å². The second-order valence-electron chi connectivity index (χ2n) is 4.84. The van der Waals surface area contributed by atoms with Gasteiger partial charge in [0.15, 0.2) is 0 Å². The summed E-state index contributed by atoms with van der Waals surface area (Å²) in [4.78, 5) is 27.4. The molecule has 0 spiro atoms. The maximum absolute atomic E-state index is 11.7. The second-order valence-corrected chi connectivity index (χ2v) is 4.84. The van der Waals surface area contributed by atoms with Crippen LogP contribution in [-0.2, 0) is 11.2 Å². The van der Waals surface area contributed by atoms with Crippen molar-refractivity contribution in [1.29, 1.82) is 0 Å². The molecule has 0 saturated carbocycles. The molecule has 2 aromatic rings. The Hall–Kier alpha value is -2.69. The van der Waals surface area contributed by atoms with Crippen LogP contribution in [0.1, 0.15) is 22.5 Å². The lowest BCUT2D eigenvalue weighted by Crippen LogP contribution is -2.30. The molecule has 0 fully saturated rings. The summed E-state index contributed by atoms with van der Waals surface area (Å²) in [7, 11) is 0. The van der Waals surface area contributed by atoms with E-state index >= 15 is 0 Å². The molecule has 114 valence electrons. The first kappa shape index (κ1) is 15.7. The van der Waals surface area contributed by atoms with E-state index in [9.17, 15) is 9.59 Å². The predicted octanol–water partition coefficient (Wildman–Crippen LogP) is 1.56. The normalized spacial score (nSPS) is 10.0. The summed E-state index contributed by atoms with van der Waals surface area (Å²) in [6.07, 6.45) is 2.64. The number of rotatable bonds is 7. The Labute approximate surface area is 129 Å². The molecule has 1 aromatic heterocycles. The first-order valence-corrected chi connectivity index (χ1v) is 7.25. The van der Waals surface area contributed by atoms with E-state index in [1.54, 1.807) is 24.4 Å². The van der Waals surface area contributed by atoms with E-state index in [0.29, 0.717) is 31.6 Å². The number of hydrogen-bond acceptors (Lipinski definition) is 3. The van der Waals surface area contributed by atoms with Gasteiger partial charge in [-0.25, -0.2) is 0 Å². The number of benzene rings is 1. The van der Waals surface area contributed by atoms with Gasteiger partial charge >= 0.3 is 0 Å². The molecule has 2 amide bonds. The molecule has 0 bridgehead atoms. The highest BCUT2D eigenvalue weighted by Crippen LogP contribution is 1.99. The van der Waals surface area contributed by atoms with E-state index in [1.807, 2.05) is 30.3 Å². The summed E-state index contributed by atoms with van der Waals surface area (Å²) in [5.74, 6) is -0.210. The van der Waals surface area contributed by atoms with Crippen LogP contribution in [0.25, 0.3) is 0 Å². The summed E-state index contributed by atoms with van der Waals surface area (Å²) >= 11 is 0. The van der Waals surface area contributed by atoms with Gasteiger partial charge in [0.25, 0.3) is 5.91 Å². The highest BCUT2D eigenvalue weighted by atomic mass is 16.2. The van der Waals surface area contributed by atoms with Crippen molar-refractivity contribution in [3.05, 3.63) is 66.0 Å². The van der Waals surface area contributed by atoms with E-state index in [-0.39, 0.29) is 11.8 Å². The van der Waals surface area contributed by atoms with Crippen molar-refractivity contribution >= 4 is 11.8 Å². The molecule has 0 aliphatic carbocycles. The lowest BCUT2D eigenvalue weighted by Gasteiger charge is -2.06. The number of pyridine rings is 1. The maximum atomic E-state index is 11.7. The molecular formula is C17H19N3O2. The molecule has 1 aromatic carbocycles. The minimum Gasteiger partial charge on any atom is -0.356 e. The van der Waals surface area contributed by atoms with Crippen molar-refractivity contribution in [1.82, 2.24) is 15.6 Å². The lowest BCUT2D eigenvalue weighted by molar-refractivity contribution is -0.120. The summed E-state index contributed by atoms with van der Waals surface area (Å²) in [5, 5.41) is 5.61. The van der Waals surface area contributed by atoms with Gasteiger partial charge in [0.1, 0.15) is 5.69 Å². The van der Waals surface area contributed by atoms with Gasteiger partial charge in [0.05, 0.1) is 6.42 Å². The SMILES string of the molecule is O=C(Cc1ccccc1)NCCCNC(=O)c1ccccn1. The smallest absolute Gasteiger partial charge is 0.269 e. The van der Waals surface area contributed by atoms with Gasteiger partial charge in [-0.05, 0) is 24.1 Å². The largest absolute Gasteiger partial charge is 0.356 e. The molecule has 0 radical (unpaired) electrons.